The van der Waals surface area contributed by atoms with Crippen molar-refractivity contribution in [3.05, 3.63) is 0 Å². The zero-order valence-corrected chi connectivity index (χ0v) is 19.1. The first-order chi connectivity index (χ1) is 13.8. The van der Waals surface area contributed by atoms with Crippen LogP contribution in [0.4, 0.5) is 0 Å². The van der Waals surface area contributed by atoms with Crippen LogP contribution in [-0.2, 0) is 19.1 Å². The first kappa shape index (κ1) is 22.8. The molecule has 3 saturated carbocycles. The monoisotopic (exact) mass is 406 g/mol. The highest BCUT2D eigenvalue weighted by atomic mass is 16.5. The highest BCUT2D eigenvalue weighted by Crippen LogP contribution is 2.49. The molecule has 29 heavy (non-hydrogen) atoms. The van der Waals surface area contributed by atoms with Gasteiger partial charge in [-0.15, -0.1) is 0 Å². The Morgan fingerprint density at radius 1 is 0.690 bits per heavy atom. The number of methoxy groups -OCH3 is 1. The van der Waals surface area contributed by atoms with Gasteiger partial charge >= 0.3 is 5.97 Å². The predicted molar refractivity (Wildman–Crippen MR) is 115 cm³/mol. The van der Waals surface area contributed by atoms with Crippen LogP contribution in [-0.4, -0.2) is 31.1 Å². The summed E-state index contributed by atoms with van der Waals surface area (Å²) in [4.78, 5) is 24.1. The van der Waals surface area contributed by atoms with Crippen molar-refractivity contribution in [3.8, 4) is 0 Å². The number of ketones is 1. The fraction of sp³-hybridized carbons (Fsp3) is 0.920. The van der Waals surface area contributed by atoms with E-state index in [-0.39, 0.29) is 29.7 Å². The van der Waals surface area contributed by atoms with Gasteiger partial charge in [-0.25, -0.2) is 0 Å². The topological polar surface area (TPSA) is 52.6 Å². The van der Waals surface area contributed by atoms with Crippen LogP contribution in [0.5, 0.6) is 0 Å². The van der Waals surface area contributed by atoms with Gasteiger partial charge in [-0.3, -0.25) is 9.59 Å². The number of carbonyl (C=O) groups is 2. The Morgan fingerprint density at radius 3 is 1.59 bits per heavy atom. The van der Waals surface area contributed by atoms with E-state index in [0.717, 1.165) is 50.4 Å². The third-order valence-corrected chi connectivity index (χ3v) is 8.70. The summed E-state index contributed by atoms with van der Waals surface area (Å²) in [7, 11) is 1.84. The number of rotatable bonds is 6. The SMILES string of the molecule is COC1CCC(C(C)(C)C2CCC(OC(=O)C3CCC(C(C)=O)CC3)CC2)CC1. The normalized spacial score (nSPS) is 36.4. The number of ether oxygens (including phenoxy) is 2. The largest absolute Gasteiger partial charge is 0.462 e. The van der Waals surface area contributed by atoms with Crippen LogP contribution in [0.15, 0.2) is 0 Å². The molecule has 0 aromatic rings. The van der Waals surface area contributed by atoms with Gasteiger partial charge in [-0.2, -0.15) is 0 Å². The van der Waals surface area contributed by atoms with Crippen LogP contribution in [0.3, 0.4) is 0 Å². The van der Waals surface area contributed by atoms with Gasteiger partial charge in [0.2, 0.25) is 0 Å². The Kier molecular flexibility index (Phi) is 7.81. The molecule has 3 fully saturated rings. The van der Waals surface area contributed by atoms with Crippen molar-refractivity contribution in [1.82, 2.24) is 0 Å². The van der Waals surface area contributed by atoms with Crippen LogP contribution in [0.1, 0.15) is 97.8 Å². The minimum Gasteiger partial charge on any atom is -0.462 e. The van der Waals surface area contributed by atoms with Gasteiger partial charge < -0.3 is 9.47 Å². The van der Waals surface area contributed by atoms with E-state index < -0.39 is 0 Å². The zero-order valence-electron chi connectivity index (χ0n) is 19.1. The Balaban J connectivity index is 1.42. The average Bonchev–Trinajstić information content (AvgIpc) is 2.74. The van der Waals surface area contributed by atoms with Crippen LogP contribution >= 0.6 is 0 Å². The summed E-state index contributed by atoms with van der Waals surface area (Å²) in [6.45, 7) is 6.61. The molecule has 4 nitrogen and oxygen atoms in total. The van der Waals surface area contributed by atoms with Crippen molar-refractivity contribution >= 4 is 11.8 Å². The predicted octanol–water partition coefficient (Wildman–Crippen LogP) is 5.72. The second-order valence-electron chi connectivity index (χ2n) is 10.6. The Hall–Kier alpha value is -0.900. The lowest BCUT2D eigenvalue weighted by Crippen LogP contribution is -2.39. The lowest BCUT2D eigenvalue weighted by Gasteiger charge is -2.46. The number of carbonyl (C=O) groups excluding carboxylic acids is 2. The van der Waals surface area contributed by atoms with Crippen molar-refractivity contribution in [2.45, 2.75) is 110 Å². The van der Waals surface area contributed by atoms with Gasteiger partial charge in [-0.1, -0.05) is 13.8 Å². The molecule has 0 atom stereocenters. The highest BCUT2D eigenvalue weighted by Gasteiger charge is 2.41. The molecule has 0 amide bonds. The fourth-order valence-electron chi connectivity index (χ4n) is 6.30. The number of hydrogen-bond acceptors (Lipinski definition) is 4. The molecule has 3 rings (SSSR count). The van der Waals surface area contributed by atoms with Crippen molar-refractivity contribution in [3.63, 3.8) is 0 Å². The molecule has 0 aromatic carbocycles. The van der Waals surface area contributed by atoms with E-state index in [4.69, 9.17) is 9.47 Å². The molecule has 0 bridgehead atoms. The van der Waals surface area contributed by atoms with E-state index in [2.05, 4.69) is 13.8 Å². The summed E-state index contributed by atoms with van der Waals surface area (Å²) in [5.74, 6) is 1.95. The summed E-state index contributed by atoms with van der Waals surface area (Å²) in [5.41, 5.74) is 0.360. The maximum Gasteiger partial charge on any atom is 0.309 e. The molecule has 0 aliphatic heterocycles. The van der Waals surface area contributed by atoms with E-state index in [1.807, 2.05) is 7.11 Å². The van der Waals surface area contributed by atoms with Crippen LogP contribution in [0.25, 0.3) is 0 Å². The third kappa shape index (κ3) is 5.62. The maximum absolute atomic E-state index is 12.6. The fourth-order valence-corrected chi connectivity index (χ4v) is 6.30. The first-order valence-corrected chi connectivity index (χ1v) is 12.0. The van der Waals surface area contributed by atoms with Crippen molar-refractivity contribution < 1.29 is 19.1 Å². The van der Waals surface area contributed by atoms with E-state index in [0.29, 0.717) is 11.5 Å². The Bertz CT molecular complexity index is 545. The van der Waals surface area contributed by atoms with Gasteiger partial charge in [0.25, 0.3) is 0 Å². The zero-order chi connectivity index (χ0) is 21.0. The van der Waals surface area contributed by atoms with Gasteiger partial charge in [0.05, 0.1) is 12.0 Å². The average molecular weight is 407 g/mol. The lowest BCUT2D eigenvalue weighted by molar-refractivity contribution is -0.158. The molecule has 0 radical (unpaired) electrons. The molecule has 166 valence electrons. The van der Waals surface area contributed by atoms with E-state index in [1.54, 1.807) is 6.92 Å². The summed E-state index contributed by atoms with van der Waals surface area (Å²) >= 11 is 0. The molecule has 0 saturated heterocycles. The molecule has 4 heteroatoms. The van der Waals surface area contributed by atoms with Gasteiger partial charge in [0.15, 0.2) is 0 Å². The number of esters is 1. The van der Waals surface area contributed by atoms with E-state index in [9.17, 15) is 9.59 Å². The quantitative estimate of drug-likeness (QED) is 0.530. The number of Topliss-reactive ketones (excluding diaryl/α,β-unsaturated/α-hetero) is 1. The minimum absolute atomic E-state index is 0.00685. The third-order valence-electron chi connectivity index (χ3n) is 8.70. The molecule has 3 aliphatic carbocycles. The second-order valence-corrected chi connectivity index (χ2v) is 10.6. The second kappa shape index (κ2) is 9.94. The Labute approximate surface area is 177 Å². The maximum atomic E-state index is 12.6. The summed E-state index contributed by atoms with van der Waals surface area (Å²) in [5, 5.41) is 0. The summed E-state index contributed by atoms with van der Waals surface area (Å²) in [6, 6.07) is 0. The molecular formula is C25H42O4. The lowest BCUT2D eigenvalue weighted by atomic mass is 9.60. The molecule has 0 spiro atoms. The van der Waals surface area contributed by atoms with Crippen LogP contribution in [0.2, 0.25) is 0 Å². The van der Waals surface area contributed by atoms with Crippen molar-refractivity contribution in [2.24, 2.45) is 29.1 Å². The van der Waals surface area contributed by atoms with Crippen LogP contribution < -0.4 is 0 Å². The molecule has 0 unspecified atom stereocenters. The molecule has 3 aliphatic rings. The molecule has 0 heterocycles. The molecule has 0 aromatic heterocycles. The first-order valence-electron chi connectivity index (χ1n) is 12.0. The van der Waals surface area contributed by atoms with E-state index in [1.165, 1.54) is 38.5 Å². The van der Waals surface area contributed by atoms with E-state index >= 15 is 0 Å². The van der Waals surface area contributed by atoms with Crippen molar-refractivity contribution in [1.29, 1.82) is 0 Å². The summed E-state index contributed by atoms with van der Waals surface area (Å²) < 4.78 is 11.5. The van der Waals surface area contributed by atoms with Gasteiger partial charge in [0, 0.05) is 13.0 Å². The Morgan fingerprint density at radius 2 is 1.14 bits per heavy atom. The highest BCUT2D eigenvalue weighted by molar-refractivity contribution is 5.79. The van der Waals surface area contributed by atoms with Gasteiger partial charge in [-0.05, 0) is 101 Å². The molecular weight excluding hydrogens is 364 g/mol. The summed E-state index contributed by atoms with van der Waals surface area (Å²) in [6.07, 6.45) is 13.2. The minimum atomic E-state index is -0.00685. The molecule has 0 N–H and O–H groups in total. The standard InChI is InChI=1S/C25H42O4/c1-17(26)18-5-7-19(8-6-18)24(27)29-23-15-11-21(12-16-23)25(2,3)20-9-13-22(28-4)14-10-20/h18-23H,5-16H2,1-4H3. The van der Waals surface area contributed by atoms with Crippen LogP contribution in [0, 0.1) is 29.1 Å². The smallest absolute Gasteiger partial charge is 0.309 e. The van der Waals surface area contributed by atoms with Gasteiger partial charge in [0.1, 0.15) is 11.9 Å². The van der Waals surface area contributed by atoms with Crippen molar-refractivity contribution in [2.75, 3.05) is 7.11 Å². The number of hydrogen-bond donors (Lipinski definition) is 0.